The predicted molar refractivity (Wildman–Crippen MR) is 75.5 cm³/mol. The molecule has 1 aromatic heterocycles. The summed E-state index contributed by atoms with van der Waals surface area (Å²) in [5, 5.41) is 3.33. The molecule has 0 aliphatic carbocycles. The highest BCUT2D eigenvalue weighted by molar-refractivity contribution is 6.05. The summed E-state index contributed by atoms with van der Waals surface area (Å²) in [6.07, 6.45) is 1.80. The molecule has 0 spiro atoms. The Labute approximate surface area is 113 Å². The van der Waals surface area contributed by atoms with Crippen molar-refractivity contribution < 1.29 is 4.79 Å². The number of carbonyl (C=O) groups excluding carboxylic acids is 1. The molecular formula is C14H20N4O. The Morgan fingerprint density at radius 3 is 2.68 bits per heavy atom. The maximum atomic E-state index is 12.2. The fraction of sp³-hybridized carbons (Fsp3) is 0.571. The topological polar surface area (TPSA) is 48.5 Å². The van der Waals surface area contributed by atoms with Crippen LogP contribution in [0.1, 0.15) is 13.8 Å². The van der Waals surface area contributed by atoms with Crippen molar-refractivity contribution >= 4 is 17.4 Å². The van der Waals surface area contributed by atoms with Crippen molar-refractivity contribution in [3.63, 3.8) is 0 Å². The van der Waals surface area contributed by atoms with E-state index in [1.54, 1.807) is 6.20 Å². The van der Waals surface area contributed by atoms with Gasteiger partial charge in [-0.15, -0.1) is 0 Å². The number of aromatic nitrogens is 1. The van der Waals surface area contributed by atoms with Crippen LogP contribution in [0.4, 0.5) is 11.5 Å². The minimum absolute atomic E-state index is 0.192. The molecule has 0 unspecified atom stereocenters. The first-order valence-electron chi connectivity index (χ1n) is 6.82. The van der Waals surface area contributed by atoms with Gasteiger partial charge in [0, 0.05) is 38.9 Å². The zero-order chi connectivity index (χ0) is 13.5. The van der Waals surface area contributed by atoms with Crippen molar-refractivity contribution in [2.45, 2.75) is 13.8 Å². The number of nitrogens with one attached hydrogen (secondary N) is 1. The van der Waals surface area contributed by atoms with Crippen molar-refractivity contribution in [1.29, 1.82) is 0 Å². The Bertz CT molecular complexity index is 494. The number of carbonyl (C=O) groups is 1. The van der Waals surface area contributed by atoms with Gasteiger partial charge >= 0.3 is 0 Å². The Hall–Kier alpha value is -1.62. The molecule has 0 atom stereocenters. The van der Waals surface area contributed by atoms with Gasteiger partial charge in [0.25, 0.3) is 0 Å². The fourth-order valence-corrected chi connectivity index (χ4v) is 2.72. The maximum absolute atomic E-state index is 12.2. The van der Waals surface area contributed by atoms with Crippen molar-refractivity contribution in [3.05, 3.63) is 18.3 Å². The van der Waals surface area contributed by atoms with Gasteiger partial charge in [0.2, 0.25) is 5.91 Å². The monoisotopic (exact) mass is 260 g/mol. The molecule has 1 aromatic rings. The summed E-state index contributed by atoms with van der Waals surface area (Å²) in [6, 6.07) is 3.90. The van der Waals surface area contributed by atoms with E-state index >= 15 is 0 Å². The third kappa shape index (κ3) is 2.08. The lowest BCUT2D eigenvalue weighted by molar-refractivity contribution is -0.132. The van der Waals surface area contributed by atoms with Gasteiger partial charge in [0.15, 0.2) is 5.82 Å². The van der Waals surface area contributed by atoms with Crippen molar-refractivity contribution in [2.24, 2.45) is 5.41 Å². The van der Waals surface area contributed by atoms with E-state index in [-0.39, 0.29) is 11.3 Å². The fourth-order valence-electron chi connectivity index (χ4n) is 2.72. The van der Waals surface area contributed by atoms with Gasteiger partial charge < -0.3 is 15.1 Å². The molecule has 2 aliphatic heterocycles. The second-order valence-corrected chi connectivity index (χ2v) is 5.86. The first kappa shape index (κ1) is 12.4. The maximum Gasteiger partial charge on any atom is 0.234 e. The van der Waals surface area contributed by atoms with Gasteiger partial charge in [-0.3, -0.25) is 4.79 Å². The van der Waals surface area contributed by atoms with Crippen LogP contribution in [-0.4, -0.2) is 43.6 Å². The van der Waals surface area contributed by atoms with Crippen LogP contribution in [0.15, 0.2) is 18.3 Å². The number of piperazine rings is 1. The number of β-lactam (4-membered cyclic amide) rings is 1. The van der Waals surface area contributed by atoms with Gasteiger partial charge in [0.05, 0.1) is 11.1 Å². The number of pyridine rings is 1. The molecule has 19 heavy (non-hydrogen) atoms. The molecule has 5 heteroatoms. The lowest BCUT2D eigenvalue weighted by atomic mass is 9.83. The van der Waals surface area contributed by atoms with Crippen LogP contribution >= 0.6 is 0 Å². The van der Waals surface area contributed by atoms with Crippen LogP contribution in [0.3, 0.4) is 0 Å². The van der Waals surface area contributed by atoms with Crippen molar-refractivity contribution in [1.82, 2.24) is 10.3 Å². The molecule has 0 aromatic carbocycles. The smallest absolute Gasteiger partial charge is 0.234 e. The second kappa shape index (κ2) is 4.49. The highest BCUT2D eigenvalue weighted by atomic mass is 16.2. The van der Waals surface area contributed by atoms with E-state index in [9.17, 15) is 4.79 Å². The SMILES string of the molecule is CC1(C)CN(c2cccnc2N2CCNCC2)C1=O. The molecule has 3 rings (SSSR count). The molecule has 3 heterocycles. The molecule has 0 saturated carbocycles. The lowest BCUT2D eigenvalue weighted by Crippen LogP contribution is -2.59. The van der Waals surface area contributed by atoms with E-state index in [1.165, 1.54) is 0 Å². The number of hydrogen-bond donors (Lipinski definition) is 1. The van der Waals surface area contributed by atoms with Gasteiger partial charge in [-0.1, -0.05) is 0 Å². The predicted octanol–water partition coefficient (Wildman–Crippen LogP) is 0.864. The molecular weight excluding hydrogens is 240 g/mol. The van der Waals surface area contributed by atoms with Crippen LogP contribution in [0.5, 0.6) is 0 Å². The van der Waals surface area contributed by atoms with E-state index in [1.807, 2.05) is 30.9 Å². The number of anilines is 2. The molecule has 2 saturated heterocycles. The standard InChI is InChI=1S/C14H20N4O/c1-14(2)10-18(13(14)19)11-4-3-5-16-12(11)17-8-6-15-7-9-17/h3-5,15H,6-10H2,1-2H3. The summed E-state index contributed by atoms with van der Waals surface area (Å²) in [5.74, 6) is 1.13. The lowest BCUT2D eigenvalue weighted by Gasteiger charge is -2.45. The molecule has 1 amide bonds. The van der Waals surface area contributed by atoms with Crippen LogP contribution < -0.4 is 15.1 Å². The molecule has 2 fully saturated rings. The van der Waals surface area contributed by atoms with E-state index in [0.29, 0.717) is 0 Å². The summed E-state index contributed by atoms with van der Waals surface area (Å²) in [7, 11) is 0. The van der Waals surface area contributed by atoms with Crippen LogP contribution in [0.2, 0.25) is 0 Å². The van der Waals surface area contributed by atoms with Crippen LogP contribution in [0, 0.1) is 5.41 Å². The van der Waals surface area contributed by atoms with Crippen molar-refractivity contribution in [3.8, 4) is 0 Å². The average Bonchev–Trinajstić information content (AvgIpc) is 2.45. The van der Waals surface area contributed by atoms with E-state index in [0.717, 1.165) is 44.2 Å². The third-order valence-electron chi connectivity index (χ3n) is 3.85. The first-order valence-corrected chi connectivity index (χ1v) is 6.82. The molecule has 0 radical (unpaired) electrons. The summed E-state index contributed by atoms with van der Waals surface area (Å²) < 4.78 is 0. The van der Waals surface area contributed by atoms with Gasteiger partial charge in [-0.25, -0.2) is 4.98 Å². The van der Waals surface area contributed by atoms with E-state index in [2.05, 4.69) is 15.2 Å². The van der Waals surface area contributed by atoms with E-state index in [4.69, 9.17) is 0 Å². The summed E-state index contributed by atoms with van der Waals surface area (Å²) in [5.41, 5.74) is 0.727. The number of nitrogens with zero attached hydrogens (tertiary/aromatic N) is 3. The number of amides is 1. The second-order valence-electron chi connectivity index (χ2n) is 5.86. The average molecular weight is 260 g/mol. The minimum Gasteiger partial charge on any atom is -0.352 e. The van der Waals surface area contributed by atoms with Gasteiger partial charge in [-0.05, 0) is 26.0 Å². The van der Waals surface area contributed by atoms with Crippen LogP contribution in [0.25, 0.3) is 0 Å². The third-order valence-corrected chi connectivity index (χ3v) is 3.85. The van der Waals surface area contributed by atoms with Gasteiger partial charge in [-0.2, -0.15) is 0 Å². The Morgan fingerprint density at radius 2 is 2.05 bits per heavy atom. The van der Waals surface area contributed by atoms with Crippen LogP contribution in [-0.2, 0) is 4.79 Å². The molecule has 1 N–H and O–H groups in total. The quantitative estimate of drug-likeness (QED) is 0.801. The zero-order valence-corrected chi connectivity index (χ0v) is 11.5. The minimum atomic E-state index is -0.226. The number of rotatable bonds is 2. The van der Waals surface area contributed by atoms with Crippen molar-refractivity contribution in [2.75, 3.05) is 42.5 Å². The molecule has 5 nitrogen and oxygen atoms in total. The Morgan fingerprint density at radius 1 is 1.32 bits per heavy atom. The highest BCUT2D eigenvalue weighted by Crippen LogP contribution is 2.38. The van der Waals surface area contributed by atoms with E-state index < -0.39 is 0 Å². The largest absolute Gasteiger partial charge is 0.352 e. The normalized spacial score (nSPS) is 22.3. The molecule has 102 valence electrons. The molecule has 0 bridgehead atoms. The van der Waals surface area contributed by atoms with Gasteiger partial charge in [0.1, 0.15) is 0 Å². The summed E-state index contributed by atoms with van der Waals surface area (Å²) >= 11 is 0. The molecule has 2 aliphatic rings. The summed E-state index contributed by atoms with van der Waals surface area (Å²) in [6.45, 7) is 8.58. The Kier molecular flexibility index (Phi) is 2.93. The summed E-state index contributed by atoms with van der Waals surface area (Å²) in [4.78, 5) is 20.8. The zero-order valence-electron chi connectivity index (χ0n) is 11.5. The highest BCUT2D eigenvalue weighted by Gasteiger charge is 2.46. The Balaban J connectivity index is 1.88. The number of hydrogen-bond acceptors (Lipinski definition) is 4. The first-order chi connectivity index (χ1) is 9.09.